The average Bonchev–Trinajstić information content (AvgIpc) is 2.94. The molecule has 1 heterocycles. The molecule has 4 heteroatoms. The largest absolute Gasteiger partial charge is 0.307 e. The summed E-state index contributed by atoms with van der Waals surface area (Å²) in [5.74, 6) is 0.193. The van der Waals surface area contributed by atoms with Gasteiger partial charge in [-0.25, -0.2) is 0 Å². The van der Waals surface area contributed by atoms with E-state index in [0.29, 0.717) is 6.04 Å². The van der Waals surface area contributed by atoms with Gasteiger partial charge >= 0.3 is 0 Å². The van der Waals surface area contributed by atoms with Crippen molar-refractivity contribution in [3.63, 3.8) is 0 Å². The average molecular weight is 218 g/mol. The summed E-state index contributed by atoms with van der Waals surface area (Å²) < 4.78 is 1.99. The summed E-state index contributed by atoms with van der Waals surface area (Å²) in [6.45, 7) is 3.80. The van der Waals surface area contributed by atoms with E-state index in [-0.39, 0.29) is 5.92 Å². The fourth-order valence-corrected chi connectivity index (χ4v) is 2.39. The van der Waals surface area contributed by atoms with Crippen LogP contribution in [0.1, 0.15) is 31.9 Å². The minimum Gasteiger partial charge on any atom is -0.307 e. The monoisotopic (exact) mass is 218 g/mol. The van der Waals surface area contributed by atoms with Gasteiger partial charge in [0.1, 0.15) is 0 Å². The highest BCUT2D eigenvalue weighted by molar-refractivity contribution is 5.02. The third-order valence-electron chi connectivity index (χ3n) is 3.33. The second-order valence-electron chi connectivity index (χ2n) is 4.29. The molecular weight excluding hydrogens is 200 g/mol. The normalized spacial score (nSPS) is 24.5. The van der Waals surface area contributed by atoms with E-state index in [1.165, 1.54) is 12.1 Å². The smallest absolute Gasteiger partial charge is 0.0672 e. The Morgan fingerprint density at radius 1 is 1.62 bits per heavy atom. The molecule has 1 fully saturated rings. The van der Waals surface area contributed by atoms with E-state index in [2.05, 4.69) is 23.4 Å². The SMILES string of the molecule is CCn1nccc1CNC1CCCC1C#N. The number of hydrogen-bond acceptors (Lipinski definition) is 3. The molecule has 16 heavy (non-hydrogen) atoms. The molecule has 4 nitrogen and oxygen atoms in total. The molecule has 86 valence electrons. The molecule has 0 radical (unpaired) electrons. The van der Waals surface area contributed by atoms with Crippen LogP contribution in [0.25, 0.3) is 0 Å². The minimum absolute atomic E-state index is 0.193. The van der Waals surface area contributed by atoms with Crippen molar-refractivity contribution in [2.75, 3.05) is 0 Å². The third-order valence-corrected chi connectivity index (χ3v) is 3.33. The van der Waals surface area contributed by atoms with Gasteiger partial charge in [-0.1, -0.05) is 6.42 Å². The molecule has 1 aromatic heterocycles. The summed E-state index contributed by atoms with van der Waals surface area (Å²) in [6, 6.07) is 4.79. The van der Waals surface area contributed by atoms with E-state index < -0.39 is 0 Å². The van der Waals surface area contributed by atoms with E-state index in [0.717, 1.165) is 25.9 Å². The standard InChI is InChI=1S/C12H18N4/c1-2-16-11(6-7-15-16)9-14-12-5-3-4-10(12)8-13/h6-7,10,12,14H,2-5,9H2,1H3. The maximum absolute atomic E-state index is 8.99. The Balaban J connectivity index is 1.90. The summed E-state index contributed by atoms with van der Waals surface area (Å²) in [6.07, 6.45) is 5.17. The molecule has 1 saturated carbocycles. The summed E-state index contributed by atoms with van der Waals surface area (Å²) in [5, 5.41) is 16.7. The first-order valence-electron chi connectivity index (χ1n) is 5.99. The molecule has 2 atom stereocenters. The molecular formula is C12H18N4. The zero-order valence-corrected chi connectivity index (χ0v) is 9.69. The van der Waals surface area contributed by atoms with Gasteiger partial charge in [-0.15, -0.1) is 0 Å². The number of aromatic nitrogens is 2. The molecule has 0 aliphatic heterocycles. The second-order valence-corrected chi connectivity index (χ2v) is 4.29. The van der Waals surface area contributed by atoms with Crippen molar-refractivity contribution in [1.29, 1.82) is 5.26 Å². The van der Waals surface area contributed by atoms with Gasteiger partial charge in [0.05, 0.1) is 17.7 Å². The highest BCUT2D eigenvalue weighted by Gasteiger charge is 2.26. The van der Waals surface area contributed by atoms with Gasteiger partial charge in [-0.05, 0) is 25.8 Å². The van der Waals surface area contributed by atoms with Crippen molar-refractivity contribution in [1.82, 2.24) is 15.1 Å². The number of nitrogens with zero attached hydrogens (tertiary/aromatic N) is 3. The maximum atomic E-state index is 8.99. The molecule has 1 aliphatic carbocycles. The molecule has 0 spiro atoms. The number of nitrogens with one attached hydrogen (secondary N) is 1. The van der Waals surface area contributed by atoms with Crippen molar-refractivity contribution < 1.29 is 0 Å². The summed E-state index contributed by atoms with van der Waals surface area (Å²) >= 11 is 0. The Bertz CT molecular complexity index is 377. The Kier molecular flexibility index (Phi) is 3.58. The Labute approximate surface area is 96.3 Å². The van der Waals surface area contributed by atoms with Crippen molar-refractivity contribution in [3.8, 4) is 6.07 Å². The van der Waals surface area contributed by atoms with Crippen LogP contribution >= 0.6 is 0 Å². The van der Waals surface area contributed by atoms with Crippen LogP contribution in [0, 0.1) is 17.2 Å². The minimum atomic E-state index is 0.193. The number of aryl methyl sites for hydroxylation is 1. The fourth-order valence-electron chi connectivity index (χ4n) is 2.39. The zero-order chi connectivity index (χ0) is 11.4. The van der Waals surface area contributed by atoms with E-state index >= 15 is 0 Å². The predicted molar refractivity (Wildman–Crippen MR) is 61.5 cm³/mol. The van der Waals surface area contributed by atoms with Gasteiger partial charge in [0.2, 0.25) is 0 Å². The third kappa shape index (κ3) is 2.25. The quantitative estimate of drug-likeness (QED) is 0.836. The Hall–Kier alpha value is -1.34. The molecule has 1 N–H and O–H groups in total. The molecule has 1 aromatic rings. The summed E-state index contributed by atoms with van der Waals surface area (Å²) in [4.78, 5) is 0. The van der Waals surface area contributed by atoms with Crippen molar-refractivity contribution >= 4 is 0 Å². The van der Waals surface area contributed by atoms with Gasteiger partial charge in [0.15, 0.2) is 0 Å². The van der Waals surface area contributed by atoms with Crippen LogP contribution in [0.4, 0.5) is 0 Å². The first-order chi connectivity index (χ1) is 7.85. The predicted octanol–water partition coefficient (Wildman–Crippen LogP) is 1.68. The summed E-state index contributed by atoms with van der Waals surface area (Å²) in [7, 11) is 0. The van der Waals surface area contributed by atoms with E-state index in [4.69, 9.17) is 5.26 Å². The van der Waals surface area contributed by atoms with Crippen LogP contribution in [0.15, 0.2) is 12.3 Å². The molecule has 0 bridgehead atoms. The lowest BCUT2D eigenvalue weighted by molar-refractivity contribution is 0.451. The second kappa shape index (κ2) is 5.13. The molecule has 0 amide bonds. The van der Waals surface area contributed by atoms with Crippen LogP contribution in [0.2, 0.25) is 0 Å². The van der Waals surface area contributed by atoms with E-state index in [1.807, 2.05) is 16.9 Å². The highest BCUT2D eigenvalue weighted by Crippen LogP contribution is 2.24. The molecule has 0 aromatic carbocycles. The van der Waals surface area contributed by atoms with E-state index in [1.54, 1.807) is 0 Å². The Morgan fingerprint density at radius 2 is 2.50 bits per heavy atom. The number of nitriles is 1. The maximum Gasteiger partial charge on any atom is 0.0672 e. The van der Waals surface area contributed by atoms with Gasteiger partial charge in [-0.2, -0.15) is 10.4 Å². The van der Waals surface area contributed by atoms with Crippen LogP contribution in [0.3, 0.4) is 0 Å². The van der Waals surface area contributed by atoms with Gasteiger partial charge in [-0.3, -0.25) is 4.68 Å². The first-order valence-corrected chi connectivity index (χ1v) is 5.99. The fraction of sp³-hybridized carbons (Fsp3) is 0.667. The Morgan fingerprint density at radius 3 is 3.25 bits per heavy atom. The van der Waals surface area contributed by atoms with E-state index in [9.17, 15) is 0 Å². The molecule has 0 saturated heterocycles. The van der Waals surface area contributed by atoms with Crippen molar-refractivity contribution in [2.24, 2.45) is 5.92 Å². The summed E-state index contributed by atoms with van der Waals surface area (Å²) in [5.41, 5.74) is 1.20. The highest BCUT2D eigenvalue weighted by atomic mass is 15.3. The van der Waals surface area contributed by atoms with Crippen LogP contribution in [0.5, 0.6) is 0 Å². The van der Waals surface area contributed by atoms with Gasteiger partial charge in [0.25, 0.3) is 0 Å². The van der Waals surface area contributed by atoms with Gasteiger partial charge in [0, 0.05) is 25.3 Å². The molecule has 1 aliphatic rings. The van der Waals surface area contributed by atoms with Crippen LogP contribution in [-0.4, -0.2) is 15.8 Å². The lowest BCUT2D eigenvalue weighted by atomic mass is 10.1. The lowest BCUT2D eigenvalue weighted by Crippen LogP contribution is -2.32. The van der Waals surface area contributed by atoms with Gasteiger partial charge < -0.3 is 5.32 Å². The molecule has 2 unspecified atom stereocenters. The van der Waals surface area contributed by atoms with Crippen molar-refractivity contribution in [3.05, 3.63) is 18.0 Å². The zero-order valence-electron chi connectivity index (χ0n) is 9.69. The topological polar surface area (TPSA) is 53.6 Å². The van der Waals surface area contributed by atoms with Crippen LogP contribution < -0.4 is 5.32 Å². The molecule has 2 rings (SSSR count). The van der Waals surface area contributed by atoms with Crippen molar-refractivity contribution in [2.45, 2.75) is 45.3 Å². The number of rotatable bonds is 4. The number of hydrogen-bond donors (Lipinski definition) is 1. The van der Waals surface area contributed by atoms with Crippen LogP contribution in [-0.2, 0) is 13.1 Å². The lowest BCUT2D eigenvalue weighted by Gasteiger charge is -2.15. The first kappa shape index (κ1) is 11.2.